The SMILES string of the molecule is CCOC(=O)C(NC(C)CC)c1cccc(Br)c1. The summed E-state index contributed by atoms with van der Waals surface area (Å²) in [5, 5.41) is 3.30. The standard InChI is InChI=1S/C14H20BrNO2/c1-4-10(3)16-13(14(17)18-5-2)11-7-6-8-12(15)9-11/h6-10,13,16H,4-5H2,1-3H3. The summed E-state index contributed by atoms with van der Waals surface area (Å²) in [4.78, 5) is 12.0. The van der Waals surface area contributed by atoms with E-state index in [1.54, 1.807) is 0 Å². The molecule has 0 aliphatic rings. The summed E-state index contributed by atoms with van der Waals surface area (Å²) in [5.74, 6) is -0.226. The van der Waals surface area contributed by atoms with Crippen molar-refractivity contribution in [1.29, 1.82) is 0 Å². The average molecular weight is 314 g/mol. The van der Waals surface area contributed by atoms with Crippen molar-refractivity contribution in [3.8, 4) is 0 Å². The van der Waals surface area contributed by atoms with E-state index in [0.717, 1.165) is 16.5 Å². The zero-order chi connectivity index (χ0) is 13.5. The number of nitrogens with one attached hydrogen (secondary N) is 1. The molecule has 1 aromatic rings. The quantitative estimate of drug-likeness (QED) is 0.818. The molecule has 2 atom stereocenters. The van der Waals surface area contributed by atoms with Gasteiger partial charge in [0.2, 0.25) is 0 Å². The molecular formula is C14H20BrNO2. The number of rotatable bonds is 6. The number of esters is 1. The van der Waals surface area contributed by atoms with Crippen LogP contribution in [0.1, 0.15) is 38.8 Å². The molecule has 1 aromatic carbocycles. The number of benzene rings is 1. The molecule has 0 saturated heterocycles. The molecule has 0 fully saturated rings. The van der Waals surface area contributed by atoms with Gasteiger partial charge in [-0.15, -0.1) is 0 Å². The van der Waals surface area contributed by atoms with E-state index in [4.69, 9.17) is 4.74 Å². The smallest absolute Gasteiger partial charge is 0.327 e. The van der Waals surface area contributed by atoms with Crippen molar-refractivity contribution in [2.75, 3.05) is 6.61 Å². The van der Waals surface area contributed by atoms with Crippen molar-refractivity contribution in [2.24, 2.45) is 0 Å². The molecule has 0 saturated carbocycles. The van der Waals surface area contributed by atoms with Gasteiger partial charge in [-0.05, 0) is 38.0 Å². The van der Waals surface area contributed by atoms with Gasteiger partial charge in [0.25, 0.3) is 0 Å². The number of ether oxygens (including phenoxy) is 1. The topological polar surface area (TPSA) is 38.3 Å². The summed E-state index contributed by atoms with van der Waals surface area (Å²) < 4.78 is 6.09. The fourth-order valence-electron chi connectivity index (χ4n) is 1.61. The third kappa shape index (κ3) is 4.42. The van der Waals surface area contributed by atoms with E-state index in [9.17, 15) is 4.79 Å². The molecule has 0 heterocycles. The molecule has 0 aromatic heterocycles. The molecular weight excluding hydrogens is 294 g/mol. The molecule has 0 amide bonds. The molecule has 0 aliphatic carbocycles. The van der Waals surface area contributed by atoms with Crippen LogP contribution in [0, 0.1) is 0 Å². The summed E-state index contributed by atoms with van der Waals surface area (Å²) in [6.07, 6.45) is 0.962. The molecule has 2 unspecified atom stereocenters. The molecule has 0 aliphatic heterocycles. The van der Waals surface area contributed by atoms with E-state index < -0.39 is 6.04 Å². The Morgan fingerprint density at radius 2 is 2.17 bits per heavy atom. The summed E-state index contributed by atoms with van der Waals surface area (Å²) in [7, 11) is 0. The Hall–Kier alpha value is -0.870. The average Bonchev–Trinajstić information content (AvgIpc) is 2.35. The van der Waals surface area contributed by atoms with Crippen LogP contribution in [0.3, 0.4) is 0 Å². The molecule has 1 N–H and O–H groups in total. The fourth-order valence-corrected chi connectivity index (χ4v) is 2.03. The van der Waals surface area contributed by atoms with Gasteiger partial charge in [0.15, 0.2) is 0 Å². The van der Waals surface area contributed by atoms with Crippen LogP contribution in [0.15, 0.2) is 28.7 Å². The maximum atomic E-state index is 12.0. The van der Waals surface area contributed by atoms with E-state index in [-0.39, 0.29) is 12.0 Å². The Bertz CT molecular complexity index is 395. The van der Waals surface area contributed by atoms with Gasteiger partial charge >= 0.3 is 5.97 Å². The molecule has 0 spiro atoms. The Morgan fingerprint density at radius 1 is 1.44 bits per heavy atom. The van der Waals surface area contributed by atoms with E-state index in [1.165, 1.54) is 0 Å². The fraction of sp³-hybridized carbons (Fsp3) is 0.500. The number of hydrogen-bond donors (Lipinski definition) is 1. The first-order chi connectivity index (χ1) is 8.58. The lowest BCUT2D eigenvalue weighted by Crippen LogP contribution is -2.36. The second-order valence-corrected chi connectivity index (χ2v) is 5.13. The van der Waals surface area contributed by atoms with Crippen LogP contribution in [-0.2, 0) is 9.53 Å². The largest absolute Gasteiger partial charge is 0.465 e. The predicted octanol–water partition coefficient (Wildman–Crippen LogP) is 3.44. The molecule has 4 heteroatoms. The van der Waals surface area contributed by atoms with Crippen molar-refractivity contribution in [3.05, 3.63) is 34.3 Å². The minimum Gasteiger partial charge on any atom is -0.465 e. The van der Waals surface area contributed by atoms with Gasteiger partial charge in [0.1, 0.15) is 6.04 Å². The lowest BCUT2D eigenvalue weighted by Gasteiger charge is -2.21. The normalized spacial score (nSPS) is 14.0. The number of halogens is 1. The second kappa shape index (κ2) is 7.54. The highest BCUT2D eigenvalue weighted by molar-refractivity contribution is 9.10. The van der Waals surface area contributed by atoms with Crippen LogP contribution >= 0.6 is 15.9 Å². The molecule has 1 rings (SSSR count). The highest BCUT2D eigenvalue weighted by atomic mass is 79.9. The van der Waals surface area contributed by atoms with Crippen molar-refractivity contribution >= 4 is 21.9 Å². The van der Waals surface area contributed by atoms with Crippen molar-refractivity contribution in [1.82, 2.24) is 5.32 Å². The lowest BCUT2D eigenvalue weighted by molar-refractivity contribution is -0.146. The molecule has 18 heavy (non-hydrogen) atoms. The minimum atomic E-state index is -0.405. The molecule has 0 radical (unpaired) electrons. The van der Waals surface area contributed by atoms with Crippen LogP contribution in [0.25, 0.3) is 0 Å². The Balaban J connectivity index is 2.92. The van der Waals surface area contributed by atoms with Gasteiger partial charge < -0.3 is 4.74 Å². The van der Waals surface area contributed by atoms with Gasteiger partial charge in [0.05, 0.1) is 6.61 Å². The summed E-state index contributed by atoms with van der Waals surface area (Å²) in [6, 6.07) is 7.59. The highest BCUT2D eigenvalue weighted by Gasteiger charge is 2.23. The highest BCUT2D eigenvalue weighted by Crippen LogP contribution is 2.20. The molecule has 3 nitrogen and oxygen atoms in total. The van der Waals surface area contributed by atoms with Gasteiger partial charge in [-0.1, -0.05) is 35.0 Å². The summed E-state index contributed by atoms with van der Waals surface area (Å²) in [6.45, 7) is 6.36. The van der Waals surface area contributed by atoms with E-state index >= 15 is 0 Å². The third-order valence-corrected chi connectivity index (χ3v) is 3.26. The van der Waals surface area contributed by atoms with Crippen molar-refractivity contribution in [3.63, 3.8) is 0 Å². The van der Waals surface area contributed by atoms with Gasteiger partial charge in [-0.2, -0.15) is 0 Å². The van der Waals surface area contributed by atoms with Crippen LogP contribution < -0.4 is 5.32 Å². The Morgan fingerprint density at radius 3 is 2.72 bits per heavy atom. The maximum Gasteiger partial charge on any atom is 0.327 e. The first-order valence-electron chi connectivity index (χ1n) is 6.26. The van der Waals surface area contributed by atoms with Crippen LogP contribution in [0.5, 0.6) is 0 Å². The summed E-state index contributed by atoms with van der Waals surface area (Å²) in [5.41, 5.74) is 0.920. The van der Waals surface area contributed by atoms with Gasteiger partial charge in [-0.3, -0.25) is 5.32 Å². The minimum absolute atomic E-state index is 0.226. The molecule has 0 bridgehead atoms. The first-order valence-corrected chi connectivity index (χ1v) is 7.05. The zero-order valence-electron chi connectivity index (χ0n) is 11.1. The van der Waals surface area contributed by atoms with Crippen molar-refractivity contribution in [2.45, 2.75) is 39.3 Å². The predicted molar refractivity (Wildman–Crippen MR) is 76.4 cm³/mol. The maximum absolute atomic E-state index is 12.0. The van der Waals surface area contributed by atoms with E-state index in [1.807, 2.05) is 31.2 Å². The monoisotopic (exact) mass is 313 g/mol. The first kappa shape index (κ1) is 15.2. The summed E-state index contributed by atoms with van der Waals surface area (Å²) >= 11 is 3.42. The van der Waals surface area contributed by atoms with Crippen LogP contribution in [0.4, 0.5) is 0 Å². The van der Waals surface area contributed by atoms with Crippen molar-refractivity contribution < 1.29 is 9.53 Å². The van der Waals surface area contributed by atoms with Gasteiger partial charge in [0, 0.05) is 10.5 Å². The lowest BCUT2D eigenvalue weighted by atomic mass is 10.1. The second-order valence-electron chi connectivity index (χ2n) is 4.22. The number of carbonyl (C=O) groups is 1. The van der Waals surface area contributed by atoms with E-state index in [0.29, 0.717) is 6.61 Å². The Labute approximate surface area is 117 Å². The number of carbonyl (C=O) groups excluding carboxylic acids is 1. The number of hydrogen-bond acceptors (Lipinski definition) is 3. The van der Waals surface area contributed by atoms with E-state index in [2.05, 4.69) is 35.1 Å². The van der Waals surface area contributed by atoms with Crippen LogP contribution in [0.2, 0.25) is 0 Å². The van der Waals surface area contributed by atoms with Gasteiger partial charge in [-0.25, -0.2) is 4.79 Å². The third-order valence-electron chi connectivity index (χ3n) is 2.77. The zero-order valence-corrected chi connectivity index (χ0v) is 12.7. The Kier molecular flexibility index (Phi) is 6.36. The van der Waals surface area contributed by atoms with Crippen LogP contribution in [-0.4, -0.2) is 18.6 Å². The molecule has 100 valence electrons.